The van der Waals surface area contributed by atoms with Crippen LogP contribution in [0.5, 0.6) is 5.88 Å². The highest BCUT2D eigenvalue weighted by molar-refractivity contribution is 7.90. The molecule has 0 spiro atoms. The number of carbonyl (C=O) groups is 1. The SMILES string of the molecule is CS(=O)(=O)c1cccc(-c2cnc(O)c3cc(-c4ccccc4)c(-c4ccc(CN)cc4)nc23)c1.O=C(O)C(F)(F)F. The summed E-state index contributed by atoms with van der Waals surface area (Å²) in [5.41, 5.74) is 12.0. The standard InChI is InChI=1S/C28H23N3O3S.C2HF3O2/c1-35(33,34)22-9-5-8-21(14-22)25-17-30-28(32)24-15-23(19-6-3-2-4-7-19)26(31-27(24)25)20-12-10-18(16-29)11-13-20;3-2(4,5)1(6)7/h2-15,17H,16,29H2,1H3,(H,30,32);(H,6,7). The van der Waals surface area contributed by atoms with Crippen molar-refractivity contribution >= 4 is 26.7 Å². The number of carboxylic acid groups (broad SMARTS) is 1. The number of alkyl halides is 3. The van der Waals surface area contributed by atoms with Crippen molar-refractivity contribution in [2.45, 2.75) is 17.6 Å². The maximum atomic E-state index is 12.1. The molecule has 0 fully saturated rings. The zero-order chi connectivity index (χ0) is 30.7. The molecule has 0 bridgehead atoms. The van der Waals surface area contributed by atoms with Crippen LogP contribution < -0.4 is 5.73 Å². The van der Waals surface area contributed by atoms with Gasteiger partial charge in [0.05, 0.1) is 21.5 Å². The van der Waals surface area contributed by atoms with Gasteiger partial charge in [0.25, 0.3) is 0 Å². The maximum Gasteiger partial charge on any atom is 0.490 e. The number of nitrogens with two attached hydrogens (primary N) is 1. The summed E-state index contributed by atoms with van der Waals surface area (Å²) < 4.78 is 56.0. The molecule has 3 aromatic carbocycles. The molecule has 2 aromatic heterocycles. The summed E-state index contributed by atoms with van der Waals surface area (Å²) in [5, 5.41) is 18.3. The van der Waals surface area contributed by atoms with Crippen molar-refractivity contribution in [3.63, 3.8) is 0 Å². The first-order valence-corrected chi connectivity index (χ1v) is 14.2. The highest BCUT2D eigenvalue weighted by Gasteiger charge is 2.38. The number of nitrogens with zero attached hydrogens (tertiary/aromatic N) is 2. The normalized spacial score (nSPS) is 11.5. The molecule has 0 saturated carbocycles. The quantitative estimate of drug-likeness (QED) is 0.230. The van der Waals surface area contributed by atoms with Crippen LogP contribution in [0.25, 0.3) is 44.4 Å². The molecule has 0 amide bonds. The largest absolute Gasteiger partial charge is 0.493 e. The van der Waals surface area contributed by atoms with Crippen molar-refractivity contribution in [2.24, 2.45) is 5.73 Å². The number of rotatable bonds is 5. The Balaban J connectivity index is 0.000000517. The summed E-state index contributed by atoms with van der Waals surface area (Å²) in [6.07, 6.45) is -2.39. The summed E-state index contributed by atoms with van der Waals surface area (Å²) in [5.74, 6) is -2.90. The summed E-state index contributed by atoms with van der Waals surface area (Å²) in [7, 11) is -3.40. The number of halogens is 3. The summed E-state index contributed by atoms with van der Waals surface area (Å²) >= 11 is 0. The van der Waals surface area contributed by atoms with Crippen molar-refractivity contribution in [1.82, 2.24) is 9.97 Å². The van der Waals surface area contributed by atoms with E-state index in [9.17, 15) is 26.7 Å². The van der Waals surface area contributed by atoms with Crippen molar-refractivity contribution < 1.29 is 36.6 Å². The van der Waals surface area contributed by atoms with Crippen LogP contribution in [0.3, 0.4) is 0 Å². The lowest BCUT2D eigenvalue weighted by Gasteiger charge is -2.15. The van der Waals surface area contributed by atoms with Gasteiger partial charge in [0.1, 0.15) is 0 Å². The maximum absolute atomic E-state index is 12.1. The predicted molar refractivity (Wildman–Crippen MR) is 152 cm³/mol. The molecule has 0 aliphatic rings. The van der Waals surface area contributed by atoms with Gasteiger partial charge >= 0.3 is 12.1 Å². The number of aromatic nitrogens is 2. The molecule has 4 N–H and O–H groups in total. The van der Waals surface area contributed by atoms with Crippen LogP contribution in [0.4, 0.5) is 13.2 Å². The topological polar surface area (TPSA) is 143 Å². The van der Waals surface area contributed by atoms with E-state index < -0.39 is 22.0 Å². The molecule has 0 aliphatic heterocycles. The van der Waals surface area contributed by atoms with Gasteiger partial charge in [-0.2, -0.15) is 13.2 Å². The van der Waals surface area contributed by atoms with Crippen molar-refractivity contribution in [3.8, 4) is 39.4 Å². The van der Waals surface area contributed by atoms with Gasteiger partial charge in [0.15, 0.2) is 9.84 Å². The number of fused-ring (bicyclic) bond motifs is 1. The Morgan fingerprint density at radius 1 is 0.881 bits per heavy atom. The number of pyridine rings is 2. The average Bonchev–Trinajstić information content (AvgIpc) is 2.97. The molecule has 0 unspecified atom stereocenters. The zero-order valence-electron chi connectivity index (χ0n) is 22.0. The van der Waals surface area contributed by atoms with E-state index in [1.54, 1.807) is 18.2 Å². The molecule has 0 radical (unpaired) electrons. The summed E-state index contributed by atoms with van der Waals surface area (Å²) in [6.45, 7) is 0.442. The summed E-state index contributed by atoms with van der Waals surface area (Å²) in [6, 6.07) is 26.3. The monoisotopic (exact) mass is 595 g/mol. The number of aromatic hydroxyl groups is 1. The third kappa shape index (κ3) is 6.73. The van der Waals surface area contributed by atoms with E-state index in [1.165, 1.54) is 12.5 Å². The number of hydrogen-bond donors (Lipinski definition) is 3. The molecule has 0 saturated heterocycles. The van der Waals surface area contributed by atoms with Crippen molar-refractivity contribution in [1.29, 1.82) is 0 Å². The van der Waals surface area contributed by atoms with E-state index in [1.807, 2.05) is 66.7 Å². The number of sulfone groups is 1. The Hall–Kier alpha value is -4.81. The van der Waals surface area contributed by atoms with Crippen LogP contribution in [0.15, 0.2) is 96.0 Å². The lowest BCUT2D eigenvalue weighted by Crippen LogP contribution is -2.21. The predicted octanol–water partition coefficient (Wildman–Crippen LogP) is 5.83. The minimum absolute atomic E-state index is 0.141. The zero-order valence-corrected chi connectivity index (χ0v) is 22.8. The van der Waals surface area contributed by atoms with Gasteiger partial charge in [-0.15, -0.1) is 0 Å². The lowest BCUT2D eigenvalue weighted by molar-refractivity contribution is -0.192. The second-order valence-corrected chi connectivity index (χ2v) is 11.2. The van der Waals surface area contributed by atoms with E-state index in [4.69, 9.17) is 20.6 Å². The Kier molecular flexibility index (Phi) is 8.59. The number of carboxylic acids is 1. The van der Waals surface area contributed by atoms with E-state index in [0.717, 1.165) is 27.9 Å². The Bertz CT molecular complexity index is 1860. The van der Waals surface area contributed by atoms with Crippen LogP contribution in [-0.2, 0) is 21.2 Å². The van der Waals surface area contributed by atoms with Crippen LogP contribution in [0.1, 0.15) is 5.56 Å². The molecule has 5 rings (SSSR count). The van der Waals surface area contributed by atoms with E-state index >= 15 is 0 Å². The van der Waals surface area contributed by atoms with Gasteiger partial charge in [0, 0.05) is 35.7 Å². The molecule has 5 aromatic rings. The fourth-order valence-electron chi connectivity index (χ4n) is 4.11. The second kappa shape index (κ2) is 12.0. The van der Waals surface area contributed by atoms with Crippen LogP contribution >= 0.6 is 0 Å². The fourth-order valence-corrected chi connectivity index (χ4v) is 4.77. The fraction of sp³-hybridized carbons (Fsp3) is 0.100. The molecule has 12 heteroatoms. The first-order chi connectivity index (χ1) is 19.8. The van der Waals surface area contributed by atoms with Gasteiger partial charge in [-0.05, 0) is 34.9 Å². The smallest absolute Gasteiger partial charge is 0.490 e. The number of benzene rings is 3. The molecular formula is C30H24F3N3O5S. The lowest BCUT2D eigenvalue weighted by atomic mass is 9.95. The molecule has 0 atom stereocenters. The third-order valence-electron chi connectivity index (χ3n) is 6.20. The molecule has 216 valence electrons. The minimum Gasteiger partial charge on any atom is -0.493 e. The Labute approximate surface area is 238 Å². The van der Waals surface area contributed by atoms with Gasteiger partial charge in [-0.1, -0.05) is 66.7 Å². The Morgan fingerprint density at radius 3 is 2.07 bits per heavy atom. The highest BCUT2D eigenvalue weighted by atomic mass is 32.2. The first kappa shape index (κ1) is 30.2. The molecule has 42 heavy (non-hydrogen) atoms. The minimum atomic E-state index is -5.08. The Morgan fingerprint density at radius 2 is 1.50 bits per heavy atom. The molecule has 8 nitrogen and oxygen atoms in total. The van der Waals surface area contributed by atoms with Crippen LogP contribution in [0, 0.1) is 0 Å². The van der Waals surface area contributed by atoms with Crippen LogP contribution in [0.2, 0.25) is 0 Å². The van der Waals surface area contributed by atoms with Crippen molar-refractivity contribution in [2.75, 3.05) is 6.26 Å². The second-order valence-electron chi connectivity index (χ2n) is 9.15. The molecule has 2 heterocycles. The van der Waals surface area contributed by atoms with Gasteiger partial charge < -0.3 is 15.9 Å². The highest BCUT2D eigenvalue weighted by Crippen LogP contribution is 2.39. The third-order valence-corrected chi connectivity index (χ3v) is 7.31. The van der Waals surface area contributed by atoms with Crippen molar-refractivity contribution in [3.05, 3.63) is 96.7 Å². The van der Waals surface area contributed by atoms with E-state index in [2.05, 4.69) is 4.98 Å². The summed E-state index contributed by atoms with van der Waals surface area (Å²) in [4.78, 5) is 18.3. The molecule has 0 aliphatic carbocycles. The number of hydrogen-bond acceptors (Lipinski definition) is 7. The molecular weight excluding hydrogens is 571 g/mol. The van der Waals surface area contributed by atoms with E-state index in [0.29, 0.717) is 28.6 Å². The first-order valence-electron chi connectivity index (χ1n) is 12.3. The van der Waals surface area contributed by atoms with Gasteiger partial charge in [-0.3, -0.25) is 0 Å². The van der Waals surface area contributed by atoms with Crippen LogP contribution in [-0.4, -0.2) is 47.0 Å². The average molecular weight is 596 g/mol. The number of aliphatic carboxylic acids is 1. The van der Waals surface area contributed by atoms with Gasteiger partial charge in [-0.25, -0.2) is 23.2 Å². The van der Waals surface area contributed by atoms with Gasteiger partial charge in [0.2, 0.25) is 5.88 Å². The van der Waals surface area contributed by atoms with E-state index in [-0.39, 0.29) is 10.8 Å².